The number of anilines is 1. The van der Waals surface area contributed by atoms with E-state index < -0.39 is 11.6 Å². The van der Waals surface area contributed by atoms with Crippen molar-refractivity contribution in [3.8, 4) is 0 Å². The molecule has 0 fully saturated rings. The van der Waals surface area contributed by atoms with E-state index in [4.69, 9.17) is 0 Å². The highest BCUT2D eigenvalue weighted by Gasteiger charge is 2.08. The van der Waals surface area contributed by atoms with E-state index in [0.29, 0.717) is 17.6 Å². The van der Waals surface area contributed by atoms with Crippen LogP contribution in [0.25, 0.3) is 0 Å². The topological polar surface area (TPSA) is 34.0 Å². The summed E-state index contributed by atoms with van der Waals surface area (Å²) in [5, 5.41) is 2.84. The molecule has 0 amide bonds. The standard InChI is InChI=1S/C13H11BrF2N2O/c14-10-7-9(15)8-11(16)13(10)17-4-6-18-5-2-1-3-12(18)19/h1-3,5,7-8,17H,4,6H2. The van der Waals surface area contributed by atoms with Crippen LogP contribution in [0.4, 0.5) is 14.5 Å². The summed E-state index contributed by atoms with van der Waals surface area (Å²) in [5.41, 5.74) is 0.0633. The molecule has 0 spiro atoms. The van der Waals surface area contributed by atoms with E-state index in [2.05, 4.69) is 21.2 Å². The summed E-state index contributed by atoms with van der Waals surface area (Å²) in [4.78, 5) is 11.4. The summed E-state index contributed by atoms with van der Waals surface area (Å²) in [6.07, 6.45) is 1.65. The molecule has 0 saturated heterocycles. The van der Waals surface area contributed by atoms with Crippen LogP contribution in [0.5, 0.6) is 0 Å². The maximum absolute atomic E-state index is 13.5. The minimum absolute atomic E-state index is 0.122. The zero-order chi connectivity index (χ0) is 13.8. The Morgan fingerprint density at radius 2 is 2.05 bits per heavy atom. The molecule has 0 aliphatic rings. The fourth-order valence-corrected chi connectivity index (χ4v) is 2.21. The number of hydrogen-bond acceptors (Lipinski definition) is 2. The average molecular weight is 329 g/mol. The fourth-order valence-electron chi connectivity index (χ4n) is 1.66. The Balaban J connectivity index is 2.04. The van der Waals surface area contributed by atoms with Gasteiger partial charge < -0.3 is 9.88 Å². The van der Waals surface area contributed by atoms with Crippen LogP contribution in [-0.2, 0) is 6.54 Å². The highest BCUT2D eigenvalue weighted by molar-refractivity contribution is 9.10. The lowest BCUT2D eigenvalue weighted by atomic mass is 10.3. The quantitative estimate of drug-likeness (QED) is 0.936. The predicted molar refractivity (Wildman–Crippen MR) is 73.2 cm³/mol. The van der Waals surface area contributed by atoms with Crippen LogP contribution in [-0.4, -0.2) is 11.1 Å². The largest absolute Gasteiger partial charge is 0.380 e. The van der Waals surface area contributed by atoms with E-state index in [1.807, 2.05) is 0 Å². The van der Waals surface area contributed by atoms with Gasteiger partial charge in [-0.1, -0.05) is 6.07 Å². The van der Waals surface area contributed by atoms with Crippen molar-refractivity contribution in [2.45, 2.75) is 6.54 Å². The first kappa shape index (κ1) is 13.7. The molecule has 0 saturated carbocycles. The molecule has 0 unspecified atom stereocenters. The van der Waals surface area contributed by atoms with Gasteiger partial charge >= 0.3 is 0 Å². The van der Waals surface area contributed by atoms with Crippen molar-refractivity contribution in [2.75, 3.05) is 11.9 Å². The van der Waals surface area contributed by atoms with E-state index in [9.17, 15) is 13.6 Å². The lowest BCUT2D eigenvalue weighted by molar-refractivity contribution is 0.582. The molecule has 1 heterocycles. The van der Waals surface area contributed by atoms with Gasteiger partial charge in [-0.2, -0.15) is 0 Å². The van der Waals surface area contributed by atoms with E-state index in [-0.39, 0.29) is 11.2 Å². The lowest BCUT2D eigenvalue weighted by Crippen LogP contribution is -2.22. The van der Waals surface area contributed by atoms with Crippen LogP contribution >= 0.6 is 15.9 Å². The van der Waals surface area contributed by atoms with Gasteiger partial charge in [0.15, 0.2) is 0 Å². The zero-order valence-corrected chi connectivity index (χ0v) is 11.5. The molecule has 19 heavy (non-hydrogen) atoms. The molecule has 1 aromatic heterocycles. The van der Waals surface area contributed by atoms with Crippen molar-refractivity contribution >= 4 is 21.6 Å². The van der Waals surface area contributed by atoms with Crippen molar-refractivity contribution in [1.82, 2.24) is 4.57 Å². The van der Waals surface area contributed by atoms with Crippen LogP contribution in [0.15, 0.2) is 45.8 Å². The Kier molecular flexibility index (Phi) is 4.31. The Morgan fingerprint density at radius 3 is 2.74 bits per heavy atom. The molecule has 2 rings (SSSR count). The first-order chi connectivity index (χ1) is 9.08. The van der Waals surface area contributed by atoms with Crippen LogP contribution < -0.4 is 10.9 Å². The molecule has 0 radical (unpaired) electrons. The number of nitrogens with zero attached hydrogens (tertiary/aromatic N) is 1. The molecule has 100 valence electrons. The van der Waals surface area contributed by atoms with Crippen molar-refractivity contribution in [3.05, 3.63) is 63.0 Å². The van der Waals surface area contributed by atoms with Crippen molar-refractivity contribution in [3.63, 3.8) is 0 Å². The fraction of sp³-hybridized carbons (Fsp3) is 0.154. The summed E-state index contributed by atoms with van der Waals surface area (Å²) in [5.74, 6) is -1.32. The number of rotatable bonds is 4. The molecule has 2 aromatic rings. The van der Waals surface area contributed by atoms with Crippen LogP contribution in [0.3, 0.4) is 0 Å². The third-order valence-electron chi connectivity index (χ3n) is 2.56. The molecular weight excluding hydrogens is 318 g/mol. The first-order valence-electron chi connectivity index (χ1n) is 5.62. The molecule has 6 heteroatoms. The maximum atomic E-state index is 13.5. The van der Waals surface area contributed by atoms with Gasteiger partial charge in [0.05, 0.1) is 5.69 Å². The Labute approximate surface area is 117 Å². The van der Waals surface area contributed by atoms with Crippen LogP contribution in [0.1, 0.15) is 0 Å². The van der Waals surface area contributed by atoms with Gasteiger partial charge in [0.1, 0.15) is 11.6 Å². The SMILES string of the molecule is O=c1ccccn1CCNc1c(F)cc(F)cc1Br. The minimum atomic E-state index is -0.674. The summed E-state index contributed by atoms with van der Waals surface area (Å²) >= 11 is 3.09. The number of nitrogens with one attached hydrogen (secondary N) is 1. The second-order valence-electron chi connectivity index (χ2n) is 3.90. The van der Waals surface area contributed by atoms with E-state index in [0.717, 1.165) is 6.07 Å². The molecular formula is C13H11BrF2N2O. The maximum Gasteiger partial charge on any atom is 0.250 e. The monoisotopic (exact) mass is 328 g/mol. The van der Waals surface area contributed by atoms with Crippen molar-refractivity contribution in [2.24, 2.45) is 0 Å². The molecule has 1 N–H and O–H groups in total. The van der Waals surface area contributed by atoms with E-state index >= 15 is 0 Å². The number of benzene rings is 1. The second kappa shape index (κ2) is 5.97. The smallest absolute Gasteiger partial charge is 0.250 e. The Morgan fingerprint density at radius 1 is 1.26 bits per heavy atom. The van der Waals surface area contributed by atoms with E-state index in [1.54, 1.807) is 18.3 Å². The highest BCUT2D eigenvalue weighted by Crippen LogP contribution is 2.26. The molecule has 0 aliphatic heterocycles. The number of aromatic nitrogens is 1. The number of pyridine rings is 1. The van der Waals surface area contributed by atoms with Crippen LogP contribution in [0.2, 0.25) is 0 Å². The van der Waals surface area contributed by atoms with Crippen LogP contribution in [0, 0.1) is 11.6 Å². The van der Waals surface area contributed by atoms with Gasteiger partial charge in [0.2, 0.25) is 0 Å². The summed E-state index contributed by atoms with van der Waals surface area (Å²) in [6.45, 7) is 0.744. The van der Waals surface area contributed by atoms with Gasteiger partial charge in [-0.05, 0) is 28.1 Å². The second-order valence-corrected chi connectivity index (χ2v) is 4.76. The normalized spacial score (nSPS) is 10.5. The molecule has 1 aromatic carbocycles. The Bertz CT molecular complexity index is 620. The lowest BCUT2D eigenvalue weighted by Gasteiger charge is -2.11. The first-order valence-corrected chi connectivity index (χ1v) is 6.41. The van der Waals surface area contributed by atoms with Crippen molar-refractivity contribution < 1.29 is 8.78 Å². The molecule has 0 atom stereocenters. The number of hydrogen-bond donors (Lipinski definition) is 1. The van der Waals surface area contributed by atoms with Gasteiger partial charge in [0, 0.05) is 35.9 Å². The van der Waals surface area contributed by atoms with Gasteiger partial charge in [-0.3, -0.25) is 4.79 Å². The van der Waals surface area contributed by atoms with E-state index in [1.165, 1.54) is 16.7 Å². The number of halogens is 3. The summed E-state index contributed by atoms with van der Waals surface area (Å²) in [7, 11) is 0. The summed E-state index contributed by atoms with van der Waals surface area (Å²) < 4.78 is 28.2. The van der Waals surface area contributed by atoms with Gasteiger partial charge in [-0.25, -0.2) is 8.78 Å². The third kappa shape index (κ3) is 3.41. The Hall–Kier alpha value is -1.69. The zero-order valence-electron chi connectivity index (χ0n) is 9.87. The van der Waals surface area contributed by atoms with Gasteiger partial charge in [0.25, 0.3) is 5.56 Å². The molecule has 0 aliphatic carbocycles. The summed E-state index contributed by atoms with van der Waals surface area (Å²) in [6, 6.07) is 6.84. The average Bonchev–Trinajstić information content (AvgIpc) is 2.34. The molecule has 3 nitrogen and oxygen atoms in total. The highest BCUT2D eigenvalue weighted by atomic mass is 79.9. The van der Waals surface area contributed by atoms with Gasteiger partial charge in [-0.15, -0.1) is 0 Å². The third-order valence-corrected chi connectivity index (χ3v) is 3.19. The minimum Gasteiger partial charge on any atom is -0.380 e. The molecule has 0 bridgehead atoms. The predicted octanol–water partition coefficient (Wildman–Crippen LogP) is 3.00. The van der Waals surface area contributed by atoms with Crippen molar-refractivity contribution in [1.29, 1.82) is 0 Å².